The molecule has 3 heterocycles. The number of aromatic nitrogens is 5. The van der Waals surface area contributed by atoms with Gasteiger partial charge in [-0.1, -0.05) is 59.8 Å². The van der Waals surface area contributed by atoms with Gasteiger partial charge in [-0.3, -0.25) is 4.79 Å². The molecule has 1 amide bonds. The first kappa shape index (κ1) is 20.1. The highest BCUT2D eigenvalue weighted by molar-refractivity contribution is 5.77. The fourth-order valence-electron chi connectivity index (χ4n) is 4.43. The van der Waals surface area contributed by atoms with Crippen molar-refractivity contribution >= 4 is 11.6 Å². The van der Waals surface area contributed by atoms with Crippen molar-refractivity contribution in [2.24, 2.45) is 0 Å². The lowest BCUT2D eigenvalue weighted by molar-refractivity contribution is -0.122. The van der Waals surface area contributed by atoms with Crippen LogP contribution in [0.5, 0.6) is 0 Å². The van der Waals surface area contributed by atoms with Crippen LogP contribution in [0.25, 0.3) is 28.5 Å². The molecule has 6 rings (SSSR count). The van der Waals surface area contributed by atoms with E-state index in [1.807, 2.05) is 48.5 Å². The number of aryl methyl sites for hydroxylation is 1. The van der Waals surface area contributed by atoms with Gasteiger partial charge in [0.05, 0.1) is 11.6 Å². The summed E-state index contributed by atoms with van der Waals surface area (Å²) in [7, 11) is 0. The molecular weight excluding hydrogens is 432 g/mol. The number of carbonyl (C=O) groups excluding carboxylic acids is 1. The van der Waals surface area contributed by atoms with Gasteiger partial charge in [0.25, 0.3) is 5.89 Å². The quantitative estimate of drug-likeness (QED) is 0.439. The molecule has 0 saturated heterocycles. The Balaban J connectivity index is 1.28. The number of carbonyl (C=O) groups is 1. The number of pyridine rings is 1. The zero-order valence-electron chi connectivity index (χ0n) is 18.1. The Morgan fingerprint density at radius 1 is 1.06 bits per heavy atom. The Hall–Kier alpha value is -4.53. The minimum Gasteiger partial charge on any atom is -0.348 e. The molecule has 34 heavy (non-hydrogen) atoms. The van der Waals surface area contributed by atoms with Gasteiger partial charge in [-0.2, -0.15) is 4.98 Å². The van der Waals surface area contributed by atoms with Crippen LogP contribution in [0.2, 0.25) is 0 Å². The van der Waals surface area contributed by atoms with E-state index in [2.05, 4.69) is 26.6 Å². The van der Waals surface area contributed by atoms with Gasteiger partial charge in [0.1, 0.15) is 6.54 Å². The molecule has 1 N–H and O–H groups in total. The summed E-state index contributed by atoms with van der Waals surface area (Å²) in [6.45, 7) is -0.183. The maximum absolute atomic E-state index is 12.9. The van der Waals surface area contributed by atoms with Gasteiger partial charge in [0.15, 0.2) is 5.65 Å². The molecule has 0 radical (unpaired) electrons. The number of hydrogen-bond acceptors (Lipinski definition) is 6. The fraction of sp³-hybridized carbons (Fsp3) is 0.160. The van der Waals surface area contributed by atoms with Gasteiger partial charge >= 0.3 is 5.69 Å². The van der Waals surface area contributed by atoms with Gasteiger partial charge in [-0.25, -0.2) is 13.9 Å². The predicted molar refractivity (Wildman–Crippen MR) is 124 cm³/mol. The van der Waals surface area contributed by atoms with Crippen molar-refractivity contribution in [1.29, 1.82) is 0 Å². The van der Waals surface area contributed by atoms with E-state index >= 15 is 0 Å². The molecule has 2 aromatic carbocycles. The molecule has 0 fully saturated rings. The fourth-order valence-corrected chi connectivity index (χ4v) is 4.43. The molecule has 0 aliphatic heterocycles. The normalized spacial score (nSPS) is 14.9. The molecule has 1 aliphatic carbocycles. The highest BCUT2D eigenvalue weighted by Crippen LogP contribution is 2.30. The summed E-state index contributed by atoms with van der Waals surface area (Å²) >= 11 is 0. The third-order valence-electron chi connectivity index (χ3n) is 6.06. The lowest BCUT2D eigenvalue weighted by atomic mass is 10.1. The minimum absolute atomic E-state index is 0.0539. The largest absolute Gasteiger partial charge is 0.350 e. The first-order valence-electron chi connectivity index (χ1n) is 11.0. The summed E-state index contributed by atoms with van der Waals surface area (Å²) in [6, 6.07) is 21.0. The second-order valence-electron chi connectivity index (χ2n) is 8.20. The van der Waals surface area contributed by atoms with Crippen molar-refractivity contribution < 1.29 is 9.32 Å². The van der Waals surface area contributed by atoms with Crippen LogP contribution in [0.15, 0.2) is 82.2 Å². The molecule has 0 bridgehead atoms. The van der Waals surface area contributed by atoms with E-state index in [4.69, 9.17) is 4.52 Å². The van der Waals surface area contributed by atoms with E-state index in [-0.39, 0.29) is 24.4 Å². The van der Waals surface area contributed by atoms with Crippen molar-refractivity contribution in [3.63, 3.8) is 0 Å². The number of nitrogens with one attached hydrogen (secondary N) is 1. The Bertz CT molecular complexity index is 1570. The maximum atomic E-state index is 12.9. The average Bonchev–Trinajstić information content (AvgIpc) is 3.59. The molecule has 1 atom stereocenters. The van der Waals surface area contributed by atoms with E-state index in [0.717, 1.165) is 28.7 Å². The molecule has 168 valence electrons. The minimum atomic E-state index is -0.415. The zero-order chi connectivity index (χ0) is 23.1. The molecule has 1 unspecified atom stereocenters. The number of benzene rings is 2. The SMILES string of the molecule is O=C(Cn1nc2c(-c3nc(-c4ccccc4)no3)cccn2c1=O)NC1CCc2ccccc21. The van der Waals surface area contributed by atoms with Crippen LogP contribution in [0.4, 0.5) is 0 Å². The summed E-state index contributed by atoms with van der Waals surface area (Å²) in [4.78, 5) is 30.2. The van der Waals surface area contributed by atoms with Gasteiger partial charge < -0.3 is 9.84 Å². The van der Waals surface area contributed by atoms with Crippen LogP contribution in [0.1, 0.15) is 23.6 Å². The highest BCUT2D eigenvalue weighted by atomic mass is 16.5. The summed E-state index contributed by atoms with van der Waals surface area (Å²) in [5.41, 5.74) is 3.63. The Morgan fingerprint density at radius 2 is 1.88 bits per heavy atom. The van der Waals surface area contributed by atoms with Crippen LogP contribution in [-0.4, -0.2) is 30.2 Å². The summed E-state index contributed by atoms with van der Waals surface area (Å²) in [5.74, 6) is 0.419. The Labute approximate surface area is 193 Å². The van der Waals surface area contributed by atoms with Gasteiger partial charge in [-0.05, 0) is 36.1 Å². The smallest absolute Gasteiger partial charge is 0.348 e. The summed E-state index contributed by atoms with van der Waals surface area (Å²) < 4.78 is 7.99. The number of fused-ring (bicyclic) bond motifs is 2. The number of nitrogens with zero attached hydrogens (tertiary/aromatic N) is 5. The first-order chi connectivity index (χ1) is 16.7. The van der Waals surface area contributed by atoms with Crippen molar-refractivity contribution in [1.82, 2.24) is 29.6 Å². The van der Waals surface area contributed by atoms with Gasteiger partial charge in [0.2, 0.25) is 11.7 Å². The third kappa shape index (κ3) is 3.47. The molecule has 0 saturated carbocycles. The van der Waals surface area contributed by atoms with E-state index in [0.29, 0.717) is 17.0 Å². The summed E-state index contributed by atoms with van der Waals surface area (Å²) in [5, 5.41) is 11.5. The van der Waals surface area contributed by atoms with Crippen LogP contribution in [0, 0.1) is 0 Å². The summed E-state index contributed by atoms with van der Waals surface area (Å²) in [6.07, 6.45) is 3.37. The molecule has 3 aromatic heterocycles. The molecule has 5 aromatic rings. The molecule has 0 spiro atoms. The van der Waals surface area contributed by atoms with E-state index in [9.17, 15) is 9.59 Å². The topological polar surface area (TPSA) is 107 Å². The van der Waals surface area contributed by atoms with Crippen LogP contribution in [0.3, 0.4) is 0 Å². The molecule has 9 heteroatoms. The van der Waals surface area contributed by atoms with Crippen LogP contribution >= 0.6 is 0 Å². The van der Waals surface area contributed by atoms with Crippen molar-refractivity contribution in [3.8, 4) is 22.8 Å². The lowest BCUT2D eigenvalue weighted by Crippen LogP contribution is -2.34. The third-order valence-corrected chi connectivity index (χ3v) is 6.06. The first-order valence-corrected chi connectivity index (χ1v) is 11.0. The molecule has 9 nitrogen and oxygen atoms in total. The molecular formula is C25H20N6O3. The van der Waals surface area contributed by atoms with Crippen molar-refractivity contribution in [2.75, 3.05) is 0 Å². The zero-order valence-corrected chi connectivity index (χ0v) is 18.1. The van der Waals surface area contributed by atoms with Crippen molar-refractivity contribution in [3.05, 3.63) is 94.5 Å². The maximum Gasteiger partial charge on any atom is 0.350 e. The second kappa shape index (κ2) is 8.11. The average molecular weight is 452 g/mol. The lowest BCUT2D eigenvalue weighted by Gasteiger charge is -2.13. The Morgan fingerprint density at radius 3 is 2.76 bits per heavy atom. The number of amides is 1. The van der Waals surface area contributed by atoms with Crippen molar-refractivity contribution in [2.45, 2.75) is 25.4 Å². The van der Waals surface area contributed by atoms with Gasteiger partial charge in [0, 0.05) is 11.8 Å². The van der Waals surface area contributed by atoms with Crippen LogP contribution < -0.4 is 11.0 Å². The van der Waals surface area contributed by atoms with E-state index in [1.54, 1.807) is 18.3 Å². The number of rotatable bonds is 5. The Kier molecular flexibility index (Phi) is 4.80. The molecule has 1 aliphatic rings. The standard InChI is InChI=1S/C25H20N6O3/c32-21(26-20-13-12-16-7-4-5-10-18(16)20)15-31-25(33)30-14-6-11-19(23(30)28-31)24-27-22(29-34-24)17-8-2-1-3-9-17/h1-11,14,20H,12-13,15H2,(H,26,32). The van der Waals surface area contributed by atoms with E-state index < -0.39 is 5.69 Å². The highest BCUT2D eigenvalue weighted by Gasteiger charge is 2.24. The second-order valence-corrected chi connectivity index (χ2v) is 8.20. The van der Waals surface area contributed by atoms with Crippen LogP contribution in [-0.2, 0) is 17.8 Å². The van der Waals surface area contributed by atoms with E-state index in [1.165, 1.54) is 9.96 Å². The monoisotopic (exact) mass is 452 g/mol. The van der Waals surface area contributed by atoms with Gasteiger partial charge in [-0.15, -0.1) is 5.10 Å². The number of hydrogen-bond donors (Lipinski definition) is 1. The predicted octanol–water partition coefficient (Wildman–Crippen LogP) is 3.02.